The molecule has 0 heterocycles. The van der Waals surface area contributed by atoms with Crippen molar-refractivity contribution in [2.75, 3.05) is 0 Å². The molecule has 1 aliphatic carbocycles. The third-order valence-corrected chi connectivity index (χ3v) is 3.23. The van der Waals surface area contributed by atoms with Gasteiger partial charge in [-0.2, -0.15) is 0 Å². The van der Waals surface area contributed by atoms with E-state index < -0.39 is 5.97 Å². The van der Waals surface area contributed by atoms with Crippen molar-refractivity contribution in [1.29, 1.82) is 0 Å². The van der Waals surface area contributed by atoms with Crippen molar-refractivity contribution >= 4 is 5.97 Å². The molecular formula is C10H19NO2. The zero-order chi connectivity index (χ0) is 9.84. The van der Waals surface area contributed by atoms with Gasteiger partial charge in [-0.1, -0.05) is 32.6 Å². The van der Waals surface area contributed by atoms with Crippen molar-refractivity contribution in [1.82, 2.24) is 0 Å². The van der Waals surface area contributed by atoms with Gasteiger partial charge >= 0.3 is 5.97 Å². The molecule has 2 atom stereocenters. The molecule has 1 fully saturated rings. The molecule has 13 heavy (non-hydrogen) atoms. The van der Waals surface area contributed by atoms with Crippen molar-refractivity contribution in [3.63, 3.8) is 0 Å². The first-order chi connectivity index (χ1) is 6.11. The van der Waals surface area contributed by atoms with Crippen molar-refractivity contribution < 1.29 is 9.90 Å². The Morgan fingerprint density at radius 3 is 2.54 bits per heavy atom. The predicted molar refractivity (Wildman–Crippen MR) is 51.4 cm³/mol. The first kappa shape index (κ1) is 10.5. The number of hydrogen-bond donors (Lipinski definition) is 2. The number of carboxylic acid groups (broad SMARTS) is 1. The summed E-state index contributed by atoms with van der Waals surface area (Å²) in [4.78, 5) is 10.4. The van der Waals surface area contributed by atoms with Crippen molar-refractivity contribution in [2.24, 2.45) is 17.6 Å². The smallest absolute Gasteiger partial charge is 0.304 e. The highest BCUT2D eigenvalue weighted by molar-refractivity contribution is 5.67. The number of carbonyl (C=O) groups is 1. The first-order valence-corrected chi connectivity index (χ1v) is 5.08. The van der Waals surface area contributed by atoms with E-state index in [1.165, 1.54) is 25.7 Å². The van der Waals surface area contributed by atoms with Crippen LogP contribution in [-0.2, 0) is 4.79 Å². The lowest BCUT2D eigenvalue weighted by Crippen LogP contribution is -2.34. The van der Waals surface area contributed by atoms with Gasteiger partial charge in [0, 0.05) is 6.04 Å². The van der Waals surface area contributed by atoms with E-state index in [1.807, 2.05) is 0 Å². The molecule has 0 amide bonds. The topological polar surface area (TPSA) is 63.3 Å². The van der Waals surface area contributed by atoms with Crippen LogP contribution in [0, 0.1) is 11.8 Å². The van der Waals surface area contributed by atoms with Crippen LogP contribution >= 0.6 is 0 Å². The van der Waals surface area contributed by atoms with Crippen molar-refractivity contribution in [3.05, 3.63) is 0 Å². The molecule has 0 saturated heterocycles. The van der Waals surface area contributed by atoms with Crippen LogP contribution in [0.2, 0.25) is 0 Å². The molecule has 0 aromatic rings. The Hall–Kier alpha value is -0.570. The van der Waals surface area contributed by atoms with Crippen molar-refractivity contribution in [2.45, 2.75) is 45.1 Å². The van der Waals surface area contributed by atoms with Gasteiger partial charge in [-0.15, -0.1) is 0 Å². The zero-order valence-corrected chi connectivity index (χ0v) is 8.20. The van der Waals surface area contributed by atoms with Crippen LogP contribution in [0.15, 0.2) is 0 Å². The summed E-state index contributed by atoms with van der Waals surface area (Å²) in [7, 11) is 0. The number of hydrogen-bond acceptors (Lipinski definition) is 2. The third kappa shape index (κ3) is 2.99. The number of carboxylic acids is 1. The molecule has 0 radical (unpaired) electrons. The van der Waals surface area contributed by atoms with Crippen LogP contribution in [0.25, 0.3) is 0 Å². The third-order valence-electron chi connectivity index (χ3n) is 3.23. The van der Waals surface area contributed by atoms with Gasteiger partial charge in [0.1, 0.15) is 0 Å². The molecule has 76 valence electrons. The fourth-order valence-corrected chi connectivity index (χ4v) is 2.22. The largest absolute Gasteiger partial charge is 0.481 e. The Morgan fingerprint density at radius 1 is 1.54 bits per heavy atom. The van der Waals surface area contributed by atoms with E-state index in [4.69, 9.17) is 10.8 Å². The van der Waals surface area contributed by atoms with Gasteiger partial charge in [0.05, 0.1) is 6.42 Å². The maximum Gasteiger partial charge on any atom is 0.304 e. The second kappa shape index (κ2) is 4.61. The van der Waals surface area contributed by atoms with Gasteiger partial charge in [-0.05, 0) is 11.8 Å². The van der Waals surface area contributed by atoms with Crippen LogP contribution in [0.1, 0.15) is 39.0 Å². The summed E-state index contributed by atoms with van der Waals surface area (Å²) >= 11 is 0. The average Bonchev–Trinajstić information content (AvgIpc) is 2.53. The Balaban J connectivity index is 2.36. The lowest BCUT2D eigenvalue weighted by atomic mass is 9.85. The van der Waals surface area contributed by atoms with E-state index in [0.29, 0.717) is 11.8 Å². The molecule has 0 aromatic heterocycles. The molecule has 1 rings (SSSR count). The second-order valence-electron chi connectivity index (χ2n) is 4.17. The zero-order valence-electron chi connectivity index (χ0n) is 8.20. The van der Waals surface area contributed by atoms with Gasteiger partial charge in [0.25, 0.3) is 0 Å². The Kier molecular flexibility index (Phi) is 3.72. The maximum absolute atomic E-state index is 10.4. The fourth-order valence-electron chi connectivity index (χ4n) is 2.22. The van der Waals surface area contributed by atoms with Crippen LogP contribution < -0.4 is 5.73 Å². The summed E-state index contributed by atoms with van der Waals surface area (Å²) in [6.45, 7) is 2.09. The Labute approximate surface area is 79.3 Å². The summed E-state index contributed by atoms with van der Waals surface area (Å²) in [6, 6.07) is -0.166. The van der Waals surface area contributed by atoms with E-state index in [-0.39, 0.29) is 12.5 Å². The Bertz CT molecular complexity index is 176. The van der Waals surface area contributed by atoms with Gasteiger partial charge in [-0.25, -0.2) is 0 Å². The molecule has 2 unspecified atom stereocenters. The minimum Gasteiger partial charge on any atom is -0.481 e. The lowest BCUT2D eigenvalue weighted by Gasteiger charge is -2.24. The normalized spacial score (nSPS) is 22.9. The molecule has 0 aliphatic heterocycles. The standard InChI is InChI=1S/C10H19NO2/c1-7(8-4-2-3-5-8)9(11)6-10(12)13/h7-9H,2-6,11H2,1H3,(H,12,13). The van der Waals surface area contributed by atoms with Gasteiger partial charge < -0.3 is 10.8 Å². The summed E-state index contributed by atoms with van der Waals surface area (Å²) < 4.78 is 0. The van der Waals surface area contributed by atoms with E-state index in [9.17, 15) is 4.79 Å². The minimum absolute atomic E-state index is 0.109. The molecule has 3 heteroatoms. The monoisotopic (exact) mass is 185 g/mol. The highest BCUT2D eigenvalue weighted by Crippen LogP contribution is 2.32. The number of aliphatic carboxylic acids is 1. The highest BCUT2D eigenvalue weighted by Gasteiger charge is 2.26. The van der Waals surface area contributed by atoms with E-state index in [2.05, 4.69) is 6.92 Å². The van der Waals surface area contributed by atoms with Crippen LogP contribution in [-0.4, -0.2) is 17.1 Å². The number of rotatable bonds is 4. The Morgan fingerprint density at radius 2 is 2.08 bits per heavy atom. The van der Waals surface area contributed by atoms with Crippen LogP contribution in [0.5, 0.6) is 0 Å². The van der Waals surface area contributed by atoms with Crippen LogP contribution in [0.4, 0.5) is 0 Å². The minimum atomic E-state index is -0.780. The lowest BCUT2D eigenvalue weighted by molar-refractivity contribution is -0.137. The van der Waals surface area contributed by atoms with Gasteiger partial charge in [0.15, 0.2) is 0 Å². The maximum atomic E-state index is 10.4. The van der Waals surface area contributed by atoms with Gasteiger partial charge in [-0.3, -0.25) is 4.79 Å². The van der Waals surface area contributed by atoms with E-state index in [0.717, 1.165) is 0 Å². The van der Waals surface area contributed by atoms with Crippen molar-refractivity contribution in [3.8, 4) is 0 Å². The quantitative estimate of drug-likeness (QED) is 0.699. The molecule has 0 bridgehead atoms. The highest BCUT2D eigenvalue weighted by atomic mass is 16.4. The molecule has 3 N–H and O–H groups in total. The summed E-state index contributed by atoms with van der Waals surface area (Å²) in [5, 5.41) is 8.60. The molecule has 0 aromatic carbocycles. The van der Waals surface area contributed by atoms with E-state index in [1.54, 1.807) is 0 Å². The fraction of sp³-hybridized carbons (Fsp3) is 0.900. The van der Waals surface area contributed by atoms with Crippen LogP contribution in [0.3, 0.4) is 0 Å². The summed E-state index contributed by atoms with van der Waals surface area (Å²) in [6.07, 6.45) is 5.14. The average molecular weight is 185 g/mol. The predicted octanol–water partition coefficient (Wildman–Crippen LogP) is 1.61. The molecular weight excluding hydrogens is 166 g/mol. The van der Waals surface area contributed by atoms with E-state index >= 15 is 0 Å². The molecule has 1 saturated carbocycles. The first-order valence-electron chi connectivity index (χ1n) is 5.08. The number of nitrogens with two attached hydrogens (primary N) is 1. The summed E-state index contributed by atoms with van der Waals surface area (Å²) in [5.41, 5.74) is 5.82. The molecule has 3 nitrogen and oxygen atoms in total. The molecule has 0 spiro atoms. The second-order valence-corrected chi connectivity index (χ2v) is 4.17. The molecule has 1 aliphatic rings. The SMILES string of the molecule is CC(C(N)CC(=O)O)C1CCCC1. The summed E-state index contributed by atoms with van der Waals surface area (Å²) in [5.74, 6) is 0.241. The van der Waals surface area contributed by atoms with Gasteiger partial charge in [0.2, 0.25) is 0 Å².